The van der Waals surface area contributed by atoms with Crippen molar-refractivity contribution >= 4 is 28.9 Å². The first-order chi connectivity index (χ1) is 16.1. The molecule has 1 aromatic carbocycles. The molecule has 3 aromatic heterocycles. The maximum atomic E-state index is 12.6. The molecular weight excluding hydrogens is 446 g/mol. The van der Waals surface area contributed by atoms with E-state index < -0.39 is 0 Å². The summed E-state index contributed by atoms with van der Waals surface area (Å²) >= 11 is 1.44. The number of aryl methyl sites for hydroxylation is 2. The molecule has 9 heteroatoms. The molecule has 34 heavy (non-hydrogen) atoms. The van der Waals surface area contributed by atoms with Crippen molar-refractivity contribution in [1.82, 2.24) is 30.0 Å². The topological polar surface area (TPSA) is 97.6 Å². The number of aromatic nitrogens is 5. The maximum absolute atomic E-state index is 12.6. The number of benzene rings is 1. The van der Waals surface area contributed by atoms with Gasteiger partial charge in [-0.3, -0.25) is 9.48 Å². The van der Waals surface area contributed by atoms with E-state index in [9.17, 15) is 4.79 Å². The Hall–Kier alpha value is -3.59. The van der Waals surface area contributed by atoms with Crippen molar-refractivity contribution in [3.8, 4) is 11.3 Å². The Balaban J connectivity index is 1.44. The van der Waals surface area contributed by atoms with E-state index >= 15 is 0 Å². The Morgan fingerprint density at radius 2 is 1.91 bits per heavy atom. The van der Waals surface area contributed by atoms with E-state index in [1.165, 1.54) is 11.3 Å². The highest BCUT2D eigenvalue weighted by Gasteiger charge is 2.20. The Morgan fingerprint density at radius 1 is 1.12 bits per heavy atom. The zero-order chi connectivity index (χ0) is 24.5. The zero-order valence-corrected chi connectivity index (χ0v) is 21.1. The minimum absolute atomic E-state index is 0.0667. The fraction of sp³-hybridized carbons (Fsp3) is 0.320. The average Bonchev–Trinajstić information content (AvgIpc) is 3.42. The number of amides is 1. The summed E-state index contributed by atoms with van der Waals surface area (Å²) < 4.78 is 1.80. The van der Waals surface area contributed by atoms with Crippen LogP contribution in [-0.4, -0.2) is 30.6 Å². The van der Waals surface area contributed by atoms with Gasteiger partial charge in [0.1, 0.15) is 4.88 Å². The third-order valence-corrected chi connectivity index (χ3v) is 7.01. The predicted molar refractivity (Wildman–Crippen MR) is 135 cm³/mol. The smallest absolute Gasteiger partial charge is 0.263 e. The van der Waals surface area contributed by atoms with Crippen LogP contribution in [-0.2, 0) is 19.0 Å². The van der Waals surface area contributed by atoms with Crippen LogP contribution in [0.4, 0.5) is 11.6 Å². The van der Waals surface area contributed by atoms with E-state index in [1.807, 2.05) is 39.1 Å². The molecule has 4 rings (SSSR count). The Morgan fingerprint density at radius 3 is 2.56 bits per heavy atom. The Labute approximate surface area is 203 Å². The van der Waals surface area contributed by atoms with Crippen LogP contribution in [0.3, 0.4) is 0 Å². The van der Waals surface area contributed by atoms with Gasteiger partial charge < -0.3 is 10.6 Å². The van der Waals surface area contributed by atoms with E-state index in [4.69, 9.17) is 0 Å². The van der Waals surface area contributed by atoms with Crippen LogP contribution in [0, 0.1) is 13.8 Å². The minimum Gasteiger partial charge on any atom is -0.347 e. The third kappa shape index (κ3) is 5.14. The summed E-state index contributed by atoms with van der Waals surface area (Å²) in [6.07, 6.45) is 5.15. The van der Waals surface area contributed by atoms with E-state index in [0.29, 0.717) is 17.4 Å². The monoisotopic (exact) mass is 475 g/mol. The quantitative estimate of drug-likeness (QED) is 0.411. The molecule has 8 nitrogen and oxygen atoms in total. The second-order valence-electron chi connectivity index (χ2n) is 9.26. The number of carbonyl (C=O) groups excluding carboxylic acids is 1. The largest absolute Gasteiger partial charge is 0.347 e. The van der Waals surface area contributed by atoms with Gasteiger partial charge in [-0.15, -0.1) is 11.3 Å². The van der Waals surface area contributed by atoms with Crippen LogP contribution < -0.4 is 10.6 Å². The number of rotatable bonds is 6. The summed E-state index contributed by atoms with van der Waals surface area (Å²) in [4.78, 5) is 26.6. The summed E-state index contributed by atoms with van der Waals surface area (Å²) in [7, 11) is 1.89. The fourth-order valence-electron chi connectivity index (χ4n) is 3.36. The molecule has 2 N–H and O–H groups in total. The number of hydrogen-bond donors (Lipinski definition) is 2. The minimum atomic E-state index is -0.103. The van der Waals surface area contributed by atoms with Gasteiger partial charge in [0.05, 0.1) is 34.5 Å². The molecule has 0 saturated carbocycles. The van der Waals surface area contributed by atoms with Gasteiger partial charge in [0.15, 0.2) is 0 Å². The molecule has 0 saturated heterocycles. The molecule has 4 aromatic rings. The molecule has 0 unspecified atom stereocenters. The van der Waals surface area contributed by atoms with Crippen molar-refractivity contribution in [1.29, 1.82) is 0 Å². The SMILES string of the molecule is Cc1cc(-c2ccnc(Nc3cnn(C)c3C)n2)ccc1CNC(=O)c1cnc(C(C)(C)C)s1. The lowest BCUT2D eigenvalue weighted by Crippen LogP contribution is -2.22. The van der Waals surface area contributed by atoms with Crippen LogP contribution >= 0.6 is 11.3 Å². The first kappa shape index (κ1) is 23.6. The molecule has 0 aliphatic rings. The molecule has 0 fully saturated rings. The molecular formula is C25H29N7OS. The van der Waals surface area contributed by atoms with Crippen LogP contribution in [0.1, 0.15) is 52.3 Å². The molecule has 1 amide bonds. The summed E-state index contributed by atoms with van der Waals surface area (Å²) in [5.41, 5.74) is 5.74. The van der Waals surface area contributed by atoms with Crippen molar-refractivity contribution in [2.24, 2.45) is 7.05 Å². The highest BCUT2D eigenvalue weighted by molar-refractivity contribution is 7.13. The number of anilines is 2. The third-order valence-electron chi connectivity index (χ3n) is 5.59. The van der Waals surface area contributed by atoms with Gasteiger partial charge in [0.2, 0.25) is 5.95 Å². The Kier molecular flexibility index (Phi) is 6.47. The van der Waals surface area contributed by atoms with Crippen molar-refractivity contribution in [3.63, 3.8) is 0 Å². The Bertz CT molecular complexity index is 1330. The van der Waals surface area contributed by atoms with Crippen LogP contribution in [0.2, 0.25) is 0 Å². The number of nitrogens with one attached hydrogen (secondary N) is 2. The highest BCUT2D eigenvalue weighted by Crippen LogP contribution is 2.27. The van der Waals surface area contributed by atoms with Crippen LogP contribution in [0.15, 0.2) is 42.9 Å². The molecule has 176 valence electrons. The van der Waals surface area contributed by atoms with Crippen molar-refractivity contribution in [2.45, 2.75) is 46.6 Å². The van der Waals surface area contributed by atoms with Gasteiger partial charge in [-0.1, -0.05) is 32.9 Å². The molecule has 0 bridgehead atoms. The second kappa shape index (κ2) is 9.34. The zero-order valence-electron chi connectivity index (χ0n) is 20.3. The van der Waals surface area contributed by atoms with E-state index in [1.54, 1.807) is 23.3 Å². The van der Waals surface area contributed by atoms with Gasteiger partial charge >= 0.3 is 0 Å². The van der Waals surface area contributed by atoms with Gasteiger partial charge in [0, 0.05) is 30.8 Å². The maximum Gasteiger partial charge on any atom is 0.263 e. The summed E-state index contributed by atoms with van der Waals surface area (Å²) in [6.45, 7) is 10.7. The van der Waals surface area contributed by atoms with E-state index in [0.717, 1.165) is 38.8 Å². The summed E-state index contributed by atoms with van der Waals surface area (Å²) in [6, 6.07) is 8.00. The number of nitrogens with zero attached hydrogens (tertiary/aromatic N) is 5. The van der Waals surface area contributed by atoms with Crippen LogP contribution in [0.5, 0.6) is 0 Å². The van der Waals surface area contributed by atoms with Crippen LogP contribution in [0.25, 0.3) is 11.3 Å². The number of carbonyl (C=O) groups is 1. The number of thiazole rings is 1. The van der Waals surface area contributed by atoms with Gasteiger partial charge in [-0.25, -0.2) is 15.0 Å². The normalized spacial score (nSPS) is 11.5. The predicted octanol–water partition coefficient (Wildman–Crippen LogP) is 4.92. The van der Waals surface area contributed by atoms with Crippen molar-refractivity contribution in [2.75, 3.05) is 5.32 Å². The fourth-order valence-corrected chi connectivity index (χ4v) is 4.25. The first-order valence-corrected chi connectivity index (χ1v) is 11.9. The first-order valence-electron chi connectivity index (χ1n) is 11.0. The molecule has 3 heterocycles. The average molecular weight is 476 g/mol. The molecule has 0 aliphatic heterocycles. The molecule has 0 spiro atoms. The molecule has 0 atom stereocenters. The van der Waals surface area contributed by atoms with Crippen molar-refractivity contribution in [3.05, 3.63) is 69.6 Å². The van der Waals surface area contributed by atoms with E-state index in [2.05, 4.69) is 57.5 Å². The van der Waals surface area contributed by atoms with Crippen molar-refractivity contribution < 1.29 is 4.79 Å². The van der Waals surface area contributed by atoms with Gasteiger partial charge in [-0.05, 0) is 37.1 Å². The summed E-state index contributed by atoms with van der Waals surface area (Å²) in [5.74, 6) is 0.412. The van der Waals surface area contributed by atoms with Gasteiger partial charge in [0.25, 0.3) is 5.91 Å². The number of hydrogen-bond acceptors (Lipinski definition) is 7. The lowest BCUT2D eigenvalue weighted by molar-refractivity contribution is 0.0954. The molecule has 0 aliphatic carbocycles. The summed E-state index contributed by atoms with van der Waals surface area (Å²) in [5, 5.41) is 11.4. The van der Waals surface area contributed by atoms with E-state index in [-0.39, 0.29) is 11.3 Å². The van der Waals surface area contributed by atoms with Gasteiger partial charge in [-0.2, -0.15) is 5.10 Å². The lowest BCUT2D eigenvalue weighted by Gasteiger charge is -2.13. The molecule has 0 radical (unpaired) electrons. The standard InChI is InChI=1S/C25H29N7OS/c1-15-11-17(19-9-10-26-24(30-19)31-20-13-29-32(6)16(20)2)7-8-18(15)12-27-22(33)21-14-28-23(34-21)25(3,4)5/h7-11,13-14H,12H2,1-6H3,(H,27,33)(H,26,30,31). The highest BCUT2D eigenvalue weighted by atomic mass is 32.1. The second-order valence-corrected chi connectivity index (χ2v) is 10.3. The lowest BCUT2D eigenvalue weighted by atomic mass is 9.98.